The average Bonchev–Trinajstić information content (AvgIpc) is 2.55. The number of carbonyl (C=O) groups excluding carboxylic acids is 1. The Balaban J connectivity index is 1.72. The van der Waals surface area contributed by atoms with E-state index in [0.29, 0.717) is 13.2 Å². The van der Waals surface area contributed by atoms with Gasteiger partial charge in [-0.15, -0.1) is 0 Å². The Kier molecular flexibility index (Phi) is 6.03. The van der Waals surface area contributed by atoms with Gasteiger partial charge in [0.15, 0.2) is 0 Å². The van der Waals surface area contributed by atoms with Crippen LogP contribution in [0.4, 0.5) is 10.5 Å². The van der Waals surface area contributed by atoms with Gasteiger partial charge >= 0.3 is 6.03 Å². The van der Waals surface area contributed by atoms with Gasteiger partial charge in [0.2, 0.25) is 0 Å². The highest BCUT2D eigenvalue weighted by Crippen LogP contribution is 2.15. The molecule has 0 saturated heterocycles. The van der Waals surface area contributed by atoms with E-state index in [2.05, 4.69) is 29.7 Å². The molecule has 23 heavy (non-hydrogen) atoms. The highest BCUT2D eigenvalue weighted by molar-refractivity contribution is 5.90. The minimum atomic E-state index is -0.220. The van der Waals surface area contributed by atoms with Gasteiger partial charge in [-0.3, -0.25) is 0 Å². The number of rotatable bonds is 6. The molecule has 0 spiro atoms. The quantitative estimate of drug-likeness (QED) is 0.790. The fourth-order valence-electron chi connectivity index (χ4n) is 2.28. The number of ether oxygens (including phenoxy) is 1. The molecule has 0 aliphatic rings. The molecule has 0 fully saturated rings. The SMILES string of the molecule is CCc1ccc(OCCNC(=O)Nc2ccc(C)cc2C)cc1. The molecular weight excluding hydrogens is 288 g/mol. The number of carbonyl (C=O) groups is 1. The first-order valence-corrected chi connectivity index (χ1v) is 7.92. The van der Waals surface area contributed by atoms with Gasteiger partial charge in [-0.05, 0) is 49.6 Å². The van der Waals surface area contributed by atoms with Crippen molar-refractivity contribution in [1.29, 1.82) is 0 Å². The van der Waals surface area contributed by atoms with Crippen LogP contribution in [0.1, 0.15) is 23.6 Å². The third kappa shape index (κ3) is 5.33. The molecule has 0 unspecified atom stereocenters. The number of benzene rings is 2. The lowest BCUT2D eigenvalue weighted by Gasteiger charge is -2.11. The van der Waals surface area contributed by atoms with E-state index >= 15 is 0 Å². The molecule has 4 nitrogen and oxygen atoms in total. The first kappa shape index (κ1) is 16.9. The van der Waals surface area contributed by atoms with E-state index in [-0.39, 0.29) is 6.03 Å². The number of anilines is 1. The Morgan fingerprint density at radius 3 is 2.48 bits per heavy atom. The molecular formula is C19H24N2O2. The van der Waals surface area contributed by atoms with Gasteiger partial charge in [0.1, 0.15) is 12.4 Å². The number of hydrogen-bond acceptors (Lipinski definition) is 2. The molecule has 0 radical (unpaired) electrons. The molecule has 0 aromatic heterocycles. The summed E-state index contributed by atoms with van der Waals surface area (Å²) in [5, 5.41) is 5.64. The molecule has 0 saturated carbocycles. The third-order valence-electron chi connectivity index (χ3n) is 3.62. The molecule has 0 heterocycles. The van der Waals surface area contributed by atoms with Gasteiger partial charge in [-0.25, -0.2) is 4.79 Å². The Labute approximate surface area is 137 Å². The van der Waals surface area contributed by atoms with Crippen molar-refractivity contribution in [2.24, 2.45) is 0 Å². The summed E-state index contributed by atoms with van der Waals surface area (Å²) in [7, 11) is 0. The van der Waals surface area contributed by atoms with Crippen LogP contribution in [-0.2, 0) is 6.42 Å². The molecule has 4 heteroatoms. The van der Waals surface area contributed by atoms with E-state index in [1.807, 2.05) is 44.2 Å². The number of urea groups is 1. The van der Waals surface area contributed by atoms with Crippen molar-refractivity contribution >= 4 is 11.7 Å². The largest absolute Gasteiger partial charge is 0.492 e. The number of hydrogen-bond donors (Lipinski definition) is 2. The molecule has 2 aromatic rings. The van der Waals surface area contributed by atoms with Crippen molar-refractivity contribution in [3.63, 3.8) is 0 Å². The molecule has 2 rings (SSSR count). The van der Waals surface area contributed by atoms with Crippen LogP contribution in [0.5, 0.6) is 5.75 Å². The summed E-state index contributed by atoms with van der Waals surface area (Å²) >= 11 is 0. The number of aryl methyl sites for hydroxylation is 3. The highest BCUT2D eigenvalue weighted by atomic mass is 16.5. The van der Waals surface area contributed by atoms with E-state index in [4.69, 9.17) is 4.74 Å². The van der Waals surface area contributed by atoms with Crippen molar-refractivity contribution in [3.8, 4) is 5.75 Å². The lowest BCUT2D eigenvalue weighted by molar-refractivity contribution is 0.247. The average molecular weight is 312 g/mol. The van der Waals surface area contributed by atoms with Gasteiger partial charge in [-0.1, -0.05) is 36.8 Å². The highest BCUT2D eigenvalue weighted by Gasteiger charge is 2.04. The molecule has 2 N–H and O–H groups in total. The summed E-state index contributed by atoms with van der Waals surface area (Å²) in [5.41, 5.74) is 4.33. The lowest BCUT2D eigenvalue weighted by Crippen LogP contribution is -2.32. The maximum atomic E-state index is 11.9. The van der Waals surface area contributed by atoms with E-state index in [1.54, 1.807) is 0 Å². The molecule has 2 aromatic carbocycles. The Morgan fingerprint density at radius 1 is 1.09 bits per heavy atom. The van der Waals surface area contributed by atoms with Crippen LogP contribution in [0.2, 0.25) is 0 Å². The fraction of sp³-hybridized carbons (Fsp3) is 0.316. The van der Waals surface area contributed by atoms with Crippen molar-refractivity contribution in [1.82, 2.24) is 5.32 Å². The van der Waals surface area contributed by atoms with Crippen LogP contribution in [0.3, 0.4) is 0 Å². The first-order chi connectivity index (χ1) is 11.1. The van der Waals surface area contributed by atoms with Crippen LogP contribution >= 0.6 is 0 Å². The second kappa shape index (κ2) is 8.22. The van der Waals surface area contributed by atoms with Crippen molar-refractivity contribution in [2.45, 2.75) is 27.2 Å². The van der Waals surface area contributed by atoms with Gasteiger partial charge in [0.05, 0.1) is 6.54 Å². The van der Waals surface area contributed by atoms with E-state index in [1.165, 1.54) is 11.1 Å². The molecule has 2 amide bonds. The Bertz CT molecular complexity index is 651. The van der Waals surface area contributed by atoms with Crippen LogP contribution in [-0.4, -0.2) is 19.2 Å². The van der Waals surface area contributed by atoms with E-state index in [0.717, 1.165) is 23.4 Å². The van der Waals surface area contributed by atoms with E-state index < -0.39 is 0 Å². The minimum Gasteiger partial charge on any atom is -0.492 e. The topological polar surface area (TPSA) is 50.4 Å². The zero-order valence-corrected chi connectivity index (χ0v) is 14.0. The summed E-state index contributed by atoms with van der Waals surface area (Å²) in [4.78, 5) is 11.9. The molecule has 0 aliphatic carbocycles. The Hall–Kier alpha value is -2.49. The molecule has 0 aliphatic heterocycles. The second-order valence-electron chi connectivity index (χ2n) is 5.55. The number of nitrogens with one attached hydrogen (secondary N) is 2. The molecule has 0 atom stereocenters. The standard InChI is InChI=1S/C19H24N2O2/c1-4-16-6-8-17(9-7-16)23-12-11-20-19(22)21-18-10-5-14(2)13-15(18)3/h5-10,13H,4,11-12H2,1-3H3,(H2,20,21,22). The van der Waals surface area contributed by atoms with E-state index in [9.17, 15) is 4.79 Å². The molecule has 0 bridgehead atoms. The fourth-order valence-corrected chi connectivity index (χ4v) is 2.28. The second-order valence-corrected chi connectivity index (χ2v) is 5.55. The van der Waals surface area contributed by atoms with Crippen LogP contribution < -0.4 is 15.4 Å². The van der Waals surface area contributed by atoms with Gasteiger partial charge < -0.3 is 15.4 Å². The predicted octanol–water partition coefficient (Wildman–Crippen LogP) is 4.07. The monoisotopic (exact) mass is 312 g/mol. The Morgan fingerprint density at radius 2 is 1.83 bits per heavy atom. The summed E-state index contributed by atoms with van der Waals surface area (Å²) in [6.45, 7) is 7.01. The van der Waals surface area contributed by atoms with Crippen LogP contribution in [0, 0.1) is 13.8 Å². The van der Waals surface area contributed by atoms with Crippen LogP contribution in [0.15, 0.2) is 42.5 Å². The van der Waals surface area contributed by atoms with Gasteiger partial charge in [0.25, 0.3) is 0 Å². The maximum Gasteiger partial charge on any atom is 0.319 e. The summed E-state index contributed by atoms with van der Waals surface area (Å²) in [6, 6.07) is 13.7. The summed E-state index contributed by atoms with van der Waals surface area (Å²) < 4.78 is 5.60. The maximum absolute atomic E-state index is 11.9. The van der Waals surface area contributed by atoms with Crippen LogP contribution in [0.25, 0.3) is 0 Å². The summed E-state index contributed by atoms with van der Waals surface area (Å²) in [6.07, 6.45) is 1.01. The van der Waals surface area contributed by atoms with Gasteiger partial charge in [-0.2, -0.15) is 0 Å². The van der Waals surface area contributed by atoms with Crippen molar-refractivity contribution < 1.29 is 9.53 Å². The van der Waals surface area contributed by atoms with Crippen molar-refractivity contribution in [3.05, 3.63) is 59.2 Å². The zero-order chi connectivity index (χ0) is 16.7. The molecule has 122 valence electrons. The minimum absolute atomic E-state index is 0.220. The predicted molar refractivity (Wildman–Crippen MR) is 94.3 cm³/mol. The first-order valence-electron chi connectivity index (χ1n) is 7.92. The van der Waals surface area contributed by atoms with Crippen molar-refractivity contribution in [2.75, 3.05) is 18.5 Å². The normalized spacial score (nSPS) is 10.2. The summed E-state index contributed by atoms with van der Waals surface area (Å²) in [5.74, 6) is 0.818. The van der Waals surface area contributed by atoms with Gasteiger partial charge in [0, 0.05) is 5.69 Å². The third-order valence-corrected chi connectivity index (χ3v) is 3.62. The zero-order valence-electron chi connectivity index (χ0n) is 14.0. The number of amides is 2. The smallest absolute Gasteiger partial charge is 0.319 e. The lowest BCUT2D eigenvalue weighted by atomic mass is 10.1.